The van der Waals surface area contributed by atoms with Crippen molar-refractivity contribution in [3.05, 3.63) is 0 Å². The van der Waals surface area contributed by atoms with Crippen molar-refractivity contribution < 1.29 is 24.0 Å². The molecule has 0 aromatic heterocycles. The van der Waals surface area contributed by atoms with E-state index in [0.717, 1.165) is 11.3 Å². The molecule has 9 heteroatoms. The fourth-order valence-corrected chi connectivity index (χ4v) is 1.87. The molecule has 0 aromatic carbocycles. The van der Waals surface area contributed by atoms with E-state index in [9.17, 15) is 24.0 Å². The standard InChI is InChI=1S/C14H22N4O5/c1-4-6-7-17-11(20)12(21)18(14(17)23)8-10(19)16-13(22)15-9(3)5-2/h9H,4-8H2,1-3H3,(H2,15,16,19,22)/t9-/m1/s1. The van der Waals surface area contributed by atoms with Crippen LogP contribution in [0.3, 0.4) is 0 Å². The van der Waals surface area contributed by atoms with E-state index in [1.807, 2.05) is 19.2 Å². The third kappa shape index (κ3) is 4.76. The topological polar surface area (TPSA) is 116 Å². The van der Waals surface area contributed by atoms with Gasteiger partial charge < -0.3 is 5.32 Å². The van der Waals surface area contributed by atoms with Crippen molar-refractivity contribution in [3.63, 3.8) is 0 Å². The molecule has 9 nitrogen and oxygen atoms in total. The van der Waals surface area contributed by atoms with Gasteiger partial charge in [0.2, 0.25) is 5.91 Å². The Balaban J connectivity index is 2.60. The molecule has 0 aromatic rings. The highest BCUT2D eigenvalue weighted by molar-refractivity contribution is 6.45. The lowest BCUT2D eigenvalue weighted by Gasteiger charge is -2.15. The van der Waals surface area contributed by atoms with Gasteiger partial charge in [0.25, 0.3) is 0 Å². The zero-order valence-electron chi connectivity index (χ0n) is 13.5. The molecule has 0 unspecified atom stereocenters. The number of amides is 7. The first-order valence-corrected chi connectivity index (χ1v) is 7.59. The molecule has 2 N–H and O–H groups in total. The smallest absolute Gasteiger partial charge is 0.334 e. The predicted octanol–water partition coefficient (Wildman–Crippen LogP) is 0.202. The second kappa shape index (κ2) is 8.25. The van der Waals surface area contributed by atoms with E-state index in [1.54, 1.807) is 6.92 Å². The molecule has 0 bridgehead atoms. The number of hydrogen-bond acceptors (Lipinski definition) is 5. The normalized spacial score (nSPS) is 15.9. The van der Waals surface area contributed by atoms with Crippen LogP contribution in [0.1, 0.15) is 40.0 Å². The lowest BCUT2D eigenvalue weighted by atomic mass is 10.3. The molecule has 0 spiro atoms. The summed E-state index contributed by atoms with van der Waals surface area (Å²) < 4.78 is 0. The van der Waals surface area contributed by atoms with Crippen molar-refractivity contribution in [2.75, 3.05) is 13.1 Å². The summed E-state index contributed by atoms with van der Waals surface area (Å²) in [6.07, 6.45) is 2.01. The van der Waals surface area contributed by atoms with Gasteiger partial charge in [-0.3, -0.25) is 24.6 Å². The van der Waals surface area contributed by atoms with Crippen LogP contribution in [0.15, 0.2) is 0 Å². The van der Waals surface area contributed by atoms with E-state index in [2.05, 4.69) is 5.32 Å². The Bertz CT molecular complexity index is 519. The number of nitrogens with one attached hydrogen (secondary N) is 2. The average Bonchev–Trinajstić information content (AvgIpc) is 2.69. The fourth-order valence-electron chi connectivity index (χ4n) is 1.87. The van der Waals surface area contributed by atoms with Crippen molar-refractivity contribution in [2.45, 2.75) is 46.1 Å². The molecule has 1 heterocycles. The van der Waals surface area contributed by atoms with E-state index < -0.39 is 36.3 Å². The highest BCUT2D eigenvalue weighted by Crippen LogP contribution is 2.12. The summed E-state index contributed by atoms with van der Waals surface area (Å²) in [4.78, 5) is 60.1. The van der Waals surface area contributed by atoms with Crippen LogP contribution >= 0.6 is 0 Å². The molecule has 23 heavy (non-hydrogen) atoms. The Morgan fingerprint density at radius 1 is 1.09 bits per heavy atom. The van der Waals surface area contributed by atoms with E-state index >= 15 is 0 Å². The van der Waals surface area contributed by atoms with Crippen LogP contribution < -0.4 is 10.6 Å². The van der Waals surface area contributed by atoms with Gasteiger partial charge in [0.1, 0.15) is 6.54 Å². The Morgan fingerprint density at radius 2 is 1.70 bits per heavy atom. The molecule has 1 aliphatic heterocycles. The maximum Gasteiger partial charge on any atom is 0.334 e. The molecule has 1 rings (SSSR count). The second-order valence-electron chi connectivity index (χ2n) is 5.32. The Labute approximate surface area is 134 Å². The lowest BCUT2D eigenvalue weighted by molar-refractivity contribution is -0.143. The van der Waals surface area contributed by atoms with Crippen LogP contribution in [0.4, 0.5) is 9.59 Å². The minimum absolute atomic E-state index is 0.121. The SMILES string of the molecule is CCCCN1C(=O)C(=O)N(CC(=O)NC(=O)N[C@H](C)CC)C1=O. The molecule has 0 radical (unpaired) electrons. The van der Waals surface area contributed by atoms with Crippen molar-refractivity contribution in [3.8, 4) is 0 Å². The zero-order chi connectivity index (χ0) is 17.6. The van der Waals surface area contributed by atoms with Crippen LogP contribution in [0.25, 0.3) is 0 Å². The van der Waals surface area contributed by atoms with Gasteiger partial charge in [0, 0.05) is 12.6 Å². The Morgan fingerprint density at radius 3 is 2.26 bits per heavy atom. The highest BCUT2D eigenvalue weighted by Gasteiger charge is 2.44. The van der Waals surface area contributed by atoms with Crippen LogP contribution in [0.2, 0.25) is 0 Å². The summed E-state index contributed by atoms with van der Waals surface area (Å²) in [5, 5.41) is 4.54. The quantitative estimate of drug-likeness (QED) is 0.512. The molecular formula is C14H22N4O5. The van der Waals surface area contributed by atoms with Gasteiger partial charge in [-0.05, 0) is 19.8 Å². The largest absolute Gasteiger partial charge is 0.335 e. The monoisotopic (exact) mass is 326 g/mol. The molecule has 1 saturated heterocycles. The van der Waals surface area contributed by atoms with E-state index in [1.165, 1.54) is 0 Å². The molecule has 0 saturated carbocycles. The Hall–Kier alpha value is -2.45. The molecule has 0 aliphatic carbocycles. The fraction of sp³-hybridized carbons (Fsp3) is 0.643. The average molecular weight is 326 g/mol. The summed E-state index contributed by atoms with van der Waals surface area (Å²) in [6.45, 7) is 4.98. The van der Waals surface area contributed by atoms with Crippen molar-refractivity contribution in [2.24, 2.45) is 0 Å². The summed E-state index contributed by atoms with van der Waals surface area (Å²) in [6, 6.07) is -1.66. The van der Waals surface area contributed by atoms with E-state index in [0.29, 0.717) is 17.7 Å². The first-order chi connectivity index (χ1) is 10.8. The van der Waals surface area contributed by atoms with Crippen molar-refractivity contribution in [1.29, 1.82) is 0 Å². The summed E-state index contributed by atoms with van der Waals surface area (Å²) in [5.41, 5.74) is 0. The summed E-state index contributed by atoms with van der Waals surface area (Å²) >= 11 is 0. The molecule has 128 valence electrons. The third-order valence-corrected chi connectivity index (χ3v) is 3.41. The lowest BCUT2D eigenvalue weighted by Crippen LogP contribution is -2.48. The third-order valence-electron chi connectivity index (χ3n) is 3.41. The van der Waals surface area contributed by atoms with Gasteiger partial charge in [0.05, 0.1) is 0 Å². The first-order valence-electron chi connectivity index (χ1n) is 7.59. The van der Waals surface area contributed by atoms with Crippen molar-refractivity contribution >= 4 is 29.8 Å². The first kappa shape index (κ1) is 18.6. The maximum absolute atomic E-state index is 12.0. The second-order valence-corrected chi connectivity index (χ2v) is 5.32. The summed E-state index contributed by atoms with van der Waals surface area (Å²) in [7, 11) is 0. The van der Waals surface area contributed by atoms with Crippen molar-refractivity contribution in [1.82, 2.24) is 20.4 Å². The minimum atomic E-state index is -1.05. The molecule has 7 amide bonds. The number of hydrogen-bond donors (Lipinski definition) is 2. The number of unbranched alkanes of at least 4 members (excludes halogenated alkanes) is 1. The van der Waals surface area contributed by atoms with Gasteiger partial charge in [-0.1, -0.05) is 20.3 Å². The number of carbonyl (C=O) groups is 5. The number of imide groups is 3. The van der Waals surface area contributed by atoms with Crippen LogP contribution in [0.5, 0.6) is 0 Å². The number of urea groups is 2. The highest BCUT2D eigenvalue weighted by atomic mass is 16.2. The van der Waals surface area contributed by atoms with E-state index in [4.69, 9.17) is 0 Å². The van der Waals surface area contributed by atoms with Gasteiger partial charge in [-0.2, -0.15) is 0 Å². The van der Waals surface area contributed by atoms with E-state index in [-0.39, 0.29) is 12.6 Å². The Kier molecular flexibility index (Phi) is 6.67. The van der Waals surface area contributed by atoms with Gasteiger partial charge in [0.15, 0.2) is 0 Å². The molecular weight excluding hydrogens is 304 g/mol. The predicted molar refractivity (Wildman–Crippen MR) is 80.2 cm³/mol. The summed E-state index contributed by atoms with van der Waals surface area (Å²) in [5.74, 6) is -2.83. The number of nitrogens with zero attached hydrogens (tertiary/aromatic N) is 2. The molecule has 1 aliphatic rings. The minimum Gasteiger partial charge on any atom is -0.335 e. The van der Waals surface area contributed by atoms with Crippen LogP contribution in [-0.2, 0) is 14.4 Å². The molecule has 1 atom stereocenters. The molecule has 1 fully saturated rings. The zero-order valence-corrected chi connectivity index (χ0v) is 13.5. The van der Waals surface area contributed by atoms with Crippen LogP contribution in [0, 0.1) is 0 Å². The maximum atomic E-state index is 12.0. The van der Waals surface area contributed by atoms with Gasteiger partial charge in [-0.15, -0.1) is 0 Å². The van der Waals surface area contributed by atoms with Crippen LogP contribution in [-0.4, -0.2) is 58.7 Å². The van der Waals surface area contributed by atoms with Gasteiger partial charge in [-0.25, -0.2) is 14.5 Å². The number of rotatable bonds is 7. The van der Waals surface area contributed by atoms with Gasteiger partial charge >= 0.3 is 23.9 Å². The number of carbonyl (C=O) groups excluding carboxylic acids is 5.